The number of hydrogen-bond acceptors (Lipinski definition) is 6. The number of amides is 1. The first kappa shape index (κ1) is 25.0. The molecule has 0 saturated carbocycles. The van der Waals surface area contributed by atoms with E-state index in [0.29, 0.717) is 0 Å². The number of aromatic nitrogens is 3. The summed E-state index contributed by atoms with van der Waals surface area (Å²) in [6.45, 7) is 0.187. The lowest BCUT2D eigenvalue weighted by Crippen LogP contribution is -2.30. The summed E-state index contributed by atoms with van der Waals surface area (Å²) in [4.78, 5) is 43.8. The minimum atomic E-state index is -5.16. The predicted octanol–water partition coefficient (Wildman–Crippen LogP) is 4.07. The molecule has 2 aromatic heterocycles. The predicted molar refractivity (Wildman–Crippen MR) is 123 cm³/mol. The Bertz CT molecular complexity index is 1600. The lowest BCUT2D eigenvalue weighted by atomic mass is 10.00. The van der Waals surface area contributed by atoms with Crippen molar-refractivity contribution in [1.29, 1.82) is 0 Å². The van der Waals surface area contributed by atoms with E-state index in [1.807, 2.05) is 0 Å². The number of benzene rings is 2. The molecule has 0 unspecified atom stereocenters. The fourth-order valence-corrected chi connectivity index (χ4v) is 4.15. The Morgan fingerprint density at radius 1 is 1.00 bits per heavy atom. The Balaban J connectivity index is 1.86. The van der Waals surface area contributed by atoms with Crippen molar-refractivity contribution in [2.24, 2.45) is 0 Å². The van der Waals surface area contributed by atoms with Crippen molar-refractivity contribution < 1.29 is 41.8 Å². The van der Waals surface area contributed by atoms with Gasteiger partial charge in [0.05, 0.1) is 28.8 Å². The van der Waals surface area contributed by atoms with E-state index in [0.717, 1.165) is 24.3 Å². The van der Waals surface area contributed by atoms with E-state index in [2.05, 4.69) is 10.1 Å². The lowest BCUT2D eigenvalue weighted by molar-refractivity contribution is -0.208. The molecule has 9 nitrogen and oxygen atoms in total. The molecule has 13 heteroatoms. The van der Waals surface area contributed by atoms with E-state index in [9.17, 15) is 37.1 Å². The van der Waals surface area contributed by atoms with Crippen LogP contribution >= 0.6 is 0 Å². The van der Waals surface area contributed by atoms with Gasteiger partial charge in [-0.3, -0.25) is 9.59 Å². The molecule has 0 radical (unpaired) electrons. The van der Waals surface area contributed by atoms with E-state index in [-0.39, 0.29) is 25.4 Å². The molecule has 0 aliphatic carbocycles. The topological polar surface area (TPSA) is 115 Å². The number of rotatable bonds is 5. The van der Waals surface area contributed by atoms with Crippen LogP contribution in [0.2, 0.25) is 0 Å². The van der Waals surface area contributed by atoms with Crippen molar-refractivity contribution in [1.82, 2.24) is 19.7 Å². The average Bonchev–Trinajstić information content (AvgIpc) is 3.56. The van der Waals surface area contributed by atoms with Crippen molar-refractivity contribution >= 4 is 28.7 Å². The number of carboxylic acid groups (broad SMARTS) is 1. The first-order valence-corrected chi connectivity index (χ1v) is 11.1. The smallest absolute Gasteiger partial charge is 0.478 e. The first-order chi connectivity index (χ1) is 18.1. The van der Waals surface area contributed by atoms with E-state index in [1.165, 1.54) is 17.0 Å². The largest absolute Gasteiger partial charge is 0.505 e. The van der Waals surface area contributed by atoms with Gasteiger partial charge < -0.3 is 14.7 Å². The number of ketones is 1. The van der Waals surface area contributed by atoms with Crippen LogP contribution in [0.3, 0.4) is 0 Å². The normalized spacial score (nSPS) is 13.7. The van der Waals surface area contributed by atoms with Crippen molar-refractivity contribution in [3.63, 3.8) is 0 Å². The summed E-state index contributed by atoms with van der Waals surface area (Å²) in [5.41, 5.74) is -4.39. The van der Waals surface area contributed by atoms with Gasteiger partial charge in [0.25, 0.3) is 5.91 Å². The van der Waals surface area contributed by atoms with E-state index in [4.69, 9.17) is 4.74 Å². The van der Waals surface area contributed by atoms with Gasteiger partial charge in [-0.2, -0.15) is 9.78 Å². The zero-order valence-corrected chi connectivity index (χ0v) is 19.2. The molecule has 194 valence electrons. The van der Waals surface area contributed by atoms with Gasteiger partial charge in [0.2, 0.25) is 5.78 Å². The van der Waals surface area contributed by atoms with Crippen LogP contribution in [0.1, 0.15) is 36.8 Å². The maximum absolute atomic E-state index is 14.9. The van der Waals surface area contributed by atoms with Crippen LogP contribution in [-0.2, 0) is 11.0 Å². The van der Waals surface area contributed by atoms with Crippen LogP contribution in [-0.4, -0.2) is 62.3 Å². The second-order valence-electron chi connectivity index (χ2n) is 8.25. The van der Waals surface area contributed by atoms with Crippen LogP contribution in [0.4, 0.5) is 17.6 Å². The number of ether oxygens (including phenoxy) is 1. The number of carboxylic acids is 1. The number of hydrogen-bond donors (Lipinski definition) is 1. The van der Waals surface area contributed by atoms with Crippen molar-refractivity contribution in [2.75, 3.05) is 19.9 Å². The highest BCUT2D eigenvalue weighted by atomic mass is 19.4. The standard InChI is InChI=1S/C25H16F4N4O5/c26-16-8-4-7-14(24(36)37)18(16)21-20-17(33(31-21)25(27,28)29)11-15(23(35)32-9-10-38-12-32)19(30-20)22(34)13-5-2-1-3-6-13/h1-8,11H,9-10,12H2,(H,36,37). The molecule has 3 heterocycles. The molecule has 4 aromatic rings. The number of aromatic carboxylic acids is 1. The molecule has 1 aliphatic rings. The molecule has 2 aromatic carbocycles. The first-order valence-electron chi connectivity index (χ1n) is 11.1. The number of alkyl halides is 3. The number of carbonyl (C=O) groups excluding carboxylic acids is 2. The number of halogens is 4. The van der Waals surface area contributed by atoms with Gasteiger partial charge in [0, 0.05) is 12.1 Å². The summed E-state index contributed by atoms with van der Waals surface area (Å²) in [7, 11) is 0. The second kappa shape index (κ2) is 9.34. The van der Waals surface area contributed by atoms with Gasteiger partial charge in [0.15, 0.2) is 0 Å². The average molecular weight is 528 g/mol. The van der Waals surface area contributed by atoms with Crippen molar-refractivity contribution in [2.45, 2.75) is 6.30 Å². The third kappa shape index (κ3) is 4.26. The summed E-state index contributed by atoms with van der Waals surface area (Å²) in [5.74, 6) is -4.36. The highest BCUT2D eigenvalue weighted by molar-refractivity contribution is 6.16. The fourth-order valence-electron chi connectivity index (χ4n) is 4.15. The second-order valence-corrected chi connectivity index (χ2v) is 8.25. The number of nitrogens with zero attached hydrogens (tertiary/aromatic N) is 4. The van der Waals surface area contributed by atoms with Crippen LogP contribution in [0.5, 0.6) is 0 Å². The molecular formula is C25H16F4N4O5. The van der Waals surface area contributed by atoms with Gasteiger partial charge >= 0.3 is 12.3 Å². The Morgan fingerprint density at radius 3 is 2.37 bits per heavy atom. The molecule has 0 bridgehead atoms. The zero-order chi connectivity index (χ0) is 27.2. The molecule has 0 atom stereocenters. The molecule has 5 rings (SSSR count). The Hall–Kier alpha value is -4.65. The summed E-state index contributed by atoms with van der Waals surface area (Å²) >= 11 is 0. The molecule has 38 heavy (non-hydrogen) atoms. The van der Waals surface area contributed by atoms with Crippen LogP contribution in [0, 0.1) is 5.82 Å². The minimum absolute atomic E-state index is 0.0907. The highest BCUT2D eigenvalue weighted by Gasteiger charge is 2.38. The minimum Gasteiger partial charge on any atom is -0.478 e. The number of carbonyl (C=O) groups is 3. The number of fused-ring (bicyclic) bond motifs is 1. The molecule has 1 N–H and O–H groups in total. The summed E-state index contributed by atoms with van der Waals surface area (Å²) in [6.07, 6.45) is -5.16. The molecule has 1 saturated heterocycles. The summed E-state index contributed by atoms with van der Waals surface area (Å²) in [6, 6.07) is 11.4. The summed E-state index contributed by atoms with van der Waals surface area (Å²) in [5, 5.41) is 13.0. The van der Waals surface area contributed by atoms with Gasteiger partial charge in [0.1, 0.15) is 29.5 Å². The van der Waals surface area contributed by atoms with Crippen LogP contribution < -0.4 is 0 Å². The third-order valence-electron chi connectivity index (χ3n) is 5.90. The number of pyridine rings is 1. The van der Waals surface area contributed by atoms with Gasteiger partial charge in [-0.05, 0) is 18.2 Å². The lowest BCUT2D eigenvalue weighted by Gasteiger charge is -2.16. The van der Waals surface area contributed by atoms with E-state index in [1.54, 1.807) is 18.2 Å². The molecule has 0 spiro atoms. The molecule has 1 amide bonds. The third-order valence-corrected chi connectivity index (χ3v) is 5.90. The monoisotopic (exact) mass is 528 g/mol. The van der Waals surface area contributed by atoms with Crippen LogP contribution in [0.15, 0.2) is 54.6 Å². The fraction of sp³-hybridized carbons (Fsp3) is 0.160. The van der Waals surface area contributed by atoms with Gasteiger partial charge in [-0.15, -0.1) is 13.2 Å². The highest BCUT2D eigenvalue weighted by Crippen LogP contribution is 2.37. The maximum Gasteiger partial charge on any atom is 0.505 e. The van der Waals surface area contributed by atoms with E-state index < -0.39 is 73.6 Å². The quantitative estimate of drug-likeness (QED) is 0.307. The van der Waals surface area contributed by atoms with Crippen LogP contribution in [0.25, 0.3) is 22.3 Å². The molecule has 1 fully saturated rings. The Labute approximate surface area is 210 Å². The van der Waals surface area contributed by atoms with Crippen molar-refractivity contribution in [3.05, 3.63) is 82.8 Å². The summed E-state index contributed by atoms with van der Waals surface area (Å²) < 4.78 is 61.8. The zero-order valence-electron chi connectivity index (χ0n) is 19.2. The van der Waals surface area contributed by atoms with Crippen molar-refractivity contribution in [3.8, 4) is 11.3 Å². The Kier molecular flexibility index (Phi) is 6.15. The van der Waals surface area contributed by atoms with Gasteiger partial charge in [-0.1, -0.05) is 36.4 Å². The Morgan fingerprint density at radius 2 is 1.74 bits per heavy atom. The molecule has 1 aliphatic heterocycles. The van der Waals surface area contributed by atoms with E-state index >= 15 is 0 Å². The SMILES string of the molecule is O=C(O)c1cccc(F)c1-c1nn(C(F)(F)F)c2cc(C(=O)N3CCOC3)c(C(=O)c3ccccc3)nc12. The van der Waals surface area contributed by atoms with Gasteiger partial charge in [-0.25, -0.2) is 14.2 Å². The molecular weight excluding hydrogens is 512 g/mol. The maximum atomic E-state index is 14.9.